The lowest BCUT2D eigenvalue weighted by atomic mass is 10.0. The molecule has 0 saturated heterocycles. The lowest BCUT2D eigenvalue weighted by Gasteiger charge is -2.41. The summed E-state index contributed by atoms with van der Waals surface area (Å²) in [6.45, 7) is 4.18. The Labute approximate surface area is 152 Å². The third-order valence-corrected chi connectivity index (χ3v) is 4.36. The quantitative estimate of drug-likeness (QED) is 0.619. The number of alkyl halides is 3. The second kappa shape index (κ2) is 6.12. The smallest absolute Gasteiger partial charge is 0.416 e. The minimum absolute atomic E-state index is 0.213. The van der Waals surface area contributed by atoms with Crippen LogP contribution in [0.3, 0.4) is 0 Å². The van der Waals surface area contributed by atoms with Crippen molar-refractivity contribution < 1.29 is 22.6 Å². The number of halogens is 4. The highest BCUT2D eigenvalue weighted by molar-refractivity contribution is 9.10. The van der Waals surface area contributed by atoms with Gasteiger partial charge in [0.05, 0.1) is 24.9 Å². The van der Waals surface area contributed by atoms with Crippen molar-refractivity contribution in [3.63, 3.8) is 0 Å². The van der Waals surface area contributed by atoms with Gasteiger partial charge in [-0.25, -0.2) is 0 Å². The van der Waals surface area contributed by atoms with Gasteiger partial charge < -0.3 is 14.4 Å². The Hall–Kier alpha value is -1.89. The Morgan fingerprint density at radius 2 is 1.88 bits per heavy atom. The van der Waals surface area contributed by atoms with Gasteiger partial charge in [0.2, 0.25) is 0 Å². The van der Waals surface area contributed by atoms with E-state index in [9.17, 15) is 13.2 Å². The molecule has 0 spiro atoms. The van der Waals surface area contributed by atoms with E-state index in [1.807, 2.05) is 36.9 Å². The number of ether oxygens (including phenoxy) is 2. The predicted molar refractivity (Wildman–Crippen MR) is 93.9 cm³/mol. The van der Waals surface area contributed by atoms with Crippen molar-refractivity contribution in [2.75, 3.05) is 18.6 Å². The first-order valence-electron chi connectivity index (χ1n) is 7.61. The van der Waals surface area contributed by atoms with Crippen LogP contribution in [0.1, 0.15) is 19.4 Å². The van der Waals surface area contributed by atoms with Crippen molar-refractivity contribution in [1.29, 1.82) is 0 Å². The molecular weight excluding hydrogens is 399 g/mol. The van der Waals surface area contributed by atoms with E-state index in [1.54, 1.807) is 7.11 Å². The van der Waals surface area contributed by atoms with Crippen LogP contribution >= 0.6 is 15.9 Å². The van der Waals surface area contributed by atoms with Gasteiger partial charge in [0.25, 0.3) is 0 Å². The van der Waals surface area contributed by atoms with E-state index in [-0.39, 0.29) is 5.75 Å². The summed E-state index contributed by atoms with van der Waals surface area (Å²) in [5.41, 5.74) is 0.0269. The number of benzene rings is 2. The zero-order chi connectivity index (χ0) is 18.4. The van der Waals surface area contributed by atoms with Gasteiger partial charge >= 0.3 is 6.18 Å². The fourth-order valence-electron chi connectivity index (χ4n) is 2.84. The summed E-state index contributed by atoms with van der Waals surface area (Å²) in [6.07, 6.45) is -4.41. The van der Waals surface area contributed by atoms with Crippen LogP contribution in [-0.2, 0) is 6.18 Å². The summed E-state index contributed by atoms with van der Waals surface area (Å²) in [7, 11) is 1.57. The number of hydrogen-bond donors (Lipinski definition) is 0. The van der Waals surface area contributed by atoms with Gasteiger partial charge in [-0.3, -0.25) is 0 Å². The molecule has 0 radical (unpaired) electrons. The number of hydrogen-bond acceptors (Lipinski definition) is 3. The molecule has 134 valence electrons. The number of fused-ring (bicyclic) bond motifs is 1. The molecule has 2 aromatic rings. The molecular formula is C18H17BrF3NO2. The predicted octanol–water partition coefficient (Wildman–Crippen LogP) is 5.79. The van der Waals surface area contributed by atoms with Crippen molar-refractivity contribution in [3.8, 4) is 11.5 Å². The summed E-state index contributed by atoms with van der Waals surface area (Å²) in [5.74, 6) is 0.868. The van der Waals surface area contributed by atoms with Crippen molar-refractivity contribution in [1.82, 2.24) is 0 Å². The molecule has 0 bridgehead atoms. The van der Waals surface area contributed by atoms with E-state index in [2.05, 4.69) is 15.9 Å². The molecule has 2 aromatic carbocycles. The Kier molecular flexibility index (Phi) is 4.39. The first-order chi connectivity index (χ1) is 11.6. The third kappa shape index (κ3) is 3.71. The number of anilines is 2. The topological polar surface area (TPSA) is 21.7 Å². The van der Waals surface area contributed by atoms with Crippen LogP contribution in [0.2, 0.25) is 0 Å². The molecule has 25 heavy (non-hydrogen) atoms. The van der Waals surface area contributed by atoms with Gasteiger partial charge in [0.1, 0.15) is 17.1 Å². The van der Waals surface area contributed by atoms with Gasteiger partial charge in [-0.05, 0) is 44.2 Å². The molecule has 0 unspecified atom stereocenters. The van der Waals surface area contributed by atoms with Crippen molar-refractivity contribution in [3.05, 3.63) is 46.4 Å². The average molecular weight is 416 g/mol. The summed E-state index contributed by atoms with van der Waals surface area (Å²) >= 11 is 3.44. The normalized spacial score (nSPS) is 16.2. The first-order valence-corrected chi connectivity index (χ1v) is 8.41. The van der Waals surface area contributed by atoms with Crippen LogP contribution in [0.25, 0.3) is 0 Å². The lowest BCUT2D eigenvalue weighted by molar-refractivity contribution is -0.137. The fourth-order valence-corrected chi connectivity index (χ4v) is 3.30. The highest BCUT2D eigenvalue weighted by Crippen LogP contribution is 2.45. The zero-order valence-electron chi connectivity index (χ0n) is 13.9. The molecule has 0 aromatic heterocycles. The van der Waals surface area contributed by atoms with Gasteiger partial charge in [0, 0.05) is 16.2 Å². The van der Waals surface area contributed by atoms with E-state index in [0.29, 0.717) is 18.0 Å². The second-order valence-corrected chi connectivity index (χ2v) is 7.39. The van der Waals surface area contributed by atoms with Gasteiger partial charge in [-0.15, -0.1) is 0 Å². The van der Waals surface area contributed by atoms with Crippen molar-refractivity contribution >= 4 is 27.3 Å². The second-order valence-electron chi connectivity index (χ2n) is 6.48. The standard InChI is InChI=1S/C18H17BrF3NO2/c1-17(2)10-23(13-7-12(19)8-14(9-13)24-3)15-5-4-11(18(20,21)22)6-16(15)25-17/h4-9H,10H2,1-3H3. The van der Waals surface area contributed by atoms with E-state index >= 15 is 0 Å². The van der Waals surface area contributed by atoms with Gasteiger partial charge in [-0.2, -0.15) is 13.2 Å². The Bertz CT molecular complexity index is 805. The van der Waals surface area contributed by atoms with E-state index in [4.69, 9.17) is 9.47 Å². The molecule has 7 heteroatoms. The Morgan fingerprint density at radius 1 is 1.16 bits per heavy atom. The highest BCUT2D eigenvalue weighted by Gasteiger charge is 2.36. The maximum absolute atomic E-state index is 13.0. The summed E-state index contributed by atoms with van der Waals surface area (Å²) in [4.78, 5) is 1.94. The minimum atomic E-state index is -4.41. The summed E-state index contributed by atoms with van der Waals surface area (Å²) in [5, 5.41) is 0. The summed E-state index contributed by atoms with van der Waals surface area (Å²) < 4.78 is 51.0. The van der Waals surface area contributed by atoms with E-state index in [1.165, 1.54) is 6.07 Å². The Morgan fingerprint density at radius 3 is 2.52 bits per heavy atom. The molecule has 0 amide bonds. The van der Waals surface area contributed by atoms with E-state index < -0.39 is 17.3 Å². The van der Waals surface area contributed by atoms with Crippen LogP contribution in [0.4, 0.5) is 24.5 Å². The van der Waals surface area contributed by atoms with Crippen molar-refractivity contribution in [2.45, 2.75) is 25.6 Å². The first kappa shape index (κ1) is 17.9. The van der Waals surface area contributed by atoms with Crippen LogP contribution in [0, 0.1) is 0 Å². The number of nitrogens with zero attached hydrogens (tertiary/aromatic N) is 1. The number of rotatable bonds is 2. The molecule has 0 saturated carbocycles. The lowest BCUT2D eigenvalue weighted by Crippen LogP contribution is -2.45. The fraction of sp³-hybridized carbons (Fsp3) is 0.333. The molecule has 0 aliphatic carbocycles. The maximum Gasteiger partial charge on any atom is 0.416 e. The summed E-state index contributed by atoms with van der Waals surface area (Å²) in [6, 6.07) is 9.13. The highest BCUT2D eigenvalue weighted by atomic mass is 79.9. The third-order valence-electron chi connectivity index (χ3n) is 3.91. The average Bonchev–Trinajstić information content (AvgIpc) is 2.51. The van der Waals surface area contributed by atoms with E-state index in [0.717, 1.165) is 22.3 Å². The largest absolute Gasteiger partial charge is 0.497 e. The van der Waals surface area contributed by atoms with Gasteiger partial charge in [0.15, 0.2) is 0 Å². The van der Waals surface area contributed by atoms with Crippen LogP contribution in [0.15, 0.2) is 40.9 Å². The van der Waals surface area contributed by atoms with Crippen molar-refractivity contribution in [2.24, 2.45) is 0 Å². The van der Waals surface area contributed by atoms with Crippen LogP contribution in [0.5, 0.6) is 11.5 Å². The maximum atomic E-state index is 13.0. The minimum Gasteiger partial charge on any atom is -0.497 e. The van der Waals surface area contributed by atoms with Gasteiger partial charge in [-0.1, -0.05) is 15.9 Å². The zero-order valence-corrected chi connectivity index (χ0v) is 15.5. The number of methoxy groups -OCH3 is 1. The molecule has 0 fully saturated rings. The van der Waals surface area contributed by atoms with Crippen LogP contribution < -0.4 is 14.4 Å². The molecule has 1 heterocycles. The molecule has 0 N–H and O–H groups in total. The Balaban J connectivity index is 2.12. The molecule has 1 aliphatic rings. The monoisotopic (exact) mass is 415 g/mol. The molecule has 3 nitrogen and oxygen atoms in total. The SMILES string of the molecule is COc1cc(Br)cc(N2CC(C)(C)Oc3cc(C(F)(F)F)ccc32)c1. The molecule has 0 atom stereocenters. The van der Waals surface area contributed by atoms with Crippen LogP contribution in [-0.4, -0.2) is 19.3 Å². The molecule has 3 rings (SSSR count). The molecule has 1 aliphatic heterocycles.